The Morgan fingerprint density at radius 2 is 2.35 bits per heavy atom. The second kappa shape index (κ2) is 6.31. The van der Waals surface area contributed by atoms with E-state index in [0.717, 1.165) is 25.2 Å². The third-order valence-electron chi connectivity index (χ3n) is 3.29. The first kappa shape index (κ1) is 12.8. The number of nitrogens with one attached hydrogen (secondary N) is 1. The molecule has 1 heterocycles. The quantitative estimate of drug-likeness (QED) is 0.869. The molecule has 1 aliphatic heterocycles. The van der Waals surface area contributed by atoms with Crippen LogP contribution in [0.1, 0.15) is 30.0 Å². The van der Waals surface area contributed by atoms with Crippen LogP contribution in [0.15, 0.2) is 18.2 Å². The first-order valence-electron chi connectivity index (χ1n) is 6.27. The molecule has 2 rings (SSSR count). The Bertz CT molecular complexity index is 367. The molecule has 0 bridgehead atoms. The molecule has 1 atom stereocenters. The summed E-state index contributed by atoms with van der Waals surface area (Å²) in [5, 5.41) is 3.41. The largest absolute Gasteiger partial charge is 0.493 e. The van der Waals surface area contributed by atoms with E-state index in [4.69, 9.17) is 4.74 Å². The Morgan fingerprint density at radius 1 is 1.47 bits per heavy atom. The van der Waals surface area contributed by atoms with Gasteiger partial charge < -0.3 is 10.1 Å². The summed E-state index contributed by atoms with van der Waals surface area (Å²) in [4.78, 5) is 0. The van der Waals surface area contributed by atoms with Gasteiger partial charge in [0.2, 0.25) is 0 Å². The lowest BCUT2D eigenvalue weighted by atomic mass is 9.98. The topological polar surface area (TPSA) is 21.3 Å². The summed E-state index contributed by atoms with van der Waals surface area (Å²) in [5.41, 5.74) is 2.77. The van der Waals surface area contributed by atoms with E-state index in [9.17, 15) is 0 Å². The first-order chi connectivity index (χ1) is 8.35. The highest BCUT2D eigenvalue weighted by atomic mass is 32.2. The van der Waals surface area contributed by atoms with E-state index in [1.165, 1.54) is 23.3 Å². The number of benzene rings is 1. The molecular formula is C14H21NOS. The molecule has 1 aromatic carbocycles. The van der Waals surface area contributed by atoms with Crippen molar-refractivity contribution in [1.82, 2.24) is 5.32 Å². The van der Waals surface area contributed by atoms with Crippen molar-refractivity contribution in [1.29, 1.82) is 0 Å². The fourth-order valence-electron chi connectivity index (χ4n) is 2.31. The van der Waals surface area contributed by atoms with Crippen LogP contribution in [-0.4, -0.2) is 25.7 Å². The summed E-state index contributed by atoms with van der Waals surface area (Å²) in [5.74, 6) is 2.28. The minimum Gasteiger partial charge on any atom is -0.493 e. The lowest BCUT2D eigenvalue weighted by molar-refractivity contribution is 0.288. The smallest absolute Gasteiger partial charge is 0.122 e. The molecule has 1 aliphatic rings. The zero-order valence-corrected chi connectivity index (χ0v) is 11.5. The molecular weight excluding hydrogens is 230 g/mol. The van der Waals surface area contributed by atoms with Crippen molar-refractivity contribution in [2.45, 2.75) is 25.3 Å². The maximum atomic E-state index is 5.65. The molecule has 2 nitrogen and oxygen atoms in total. The normalized spacial score (nSPS) is 16.1. The van der Waals surface area contributed by atoms with E-state index in [1.54, 1.807) is 0 Å². The standard InChI is InChI=1S/C14H21NOS/c1-15-13(7-9-17-2)11-5-6-14-12(10-11)4-3-8-16-14/h5-6,10,13,15H,3-4,7-9H2,1-2H3. The van der Waals surface area contributed by atoms with Crippen molar-refractivity contribution < 1.29 is 4.74 Å². The maximum absolute atomic E-state index is 5.65. The van der Waals surface area contributed by atoms with Gasteiger partial charge in [0.1, 0.15) is 5.75 Å². The highest BCUT2D eigenvalue weighted by molar-refractivity contribution is 7.98. The number of hydrogen-bond acceptors (Lipinski definition) is 3. The third kappa shape index (κ3) is 3.17. The molecule has 3 heteroatoms. The second-order valence-electron chi connectivity index (χ2n) is 4.44. The molecule has 0 amide bonds. The van der Waals surface area contributed by atoms with Gasteiger partial charge in [0.15, 0.2) is 0 Å². The molecule has 1 N–H and O–H groups in total. The lowest BCUT2D eigenvalue weighted by Gasteiger charge is -2.21. The van der Waals surface area contributed by atoms with Gasteiger partial charge in [-0.1, -0.05) is 12.1 Å². The van der Waals surface area contributed by atoms with E-state index in [1.807, 2.05) is 18.8 Å². The maximum Gasteiger partial charge on any atom is 0.122 e. The fourth-order valence-corrected chi connectivity index (χ4v) is 2.78. The molecule has 0 aromatic heterocycles. The summed E-state index contributed by atoms with van der Waals surface area (Å²) >= 11 is 1.90. The van der Waals surface area contributed by atoms with Crippen LogP contribution in [0.2, 0.25) is 0 Å². The predicted molar refractivity (Wildman–Crippen MR) is 75.1 cm³/mol. The van der Waals surface area contributed by atoms with Crippen LogP contribution in [0, 0.1) is 0 Å². The number of fused-ring (bicyclic) bond motifs is 1. The number of ether oxygens (including phenoxy) is 1. The van der Waals surface area contributed by atoms with Gasteiger partial charge >= 0.3 is 0 Å². The van der Waals surface area contributed by atoms with E-state index in [-0.39, 0.29) is 0 Å². The van der Waals surface area contributed by atoms with Crippen molar-refractivity contribution in [3.05, 3.63) is 29.3 Å². The molecule has 0 fully saturated rings. The summed E-state index contributed by atoms with van der Waals surface area (Å²) < 4.78 is 5.65. The van der Waals surface area contributed by atoms with Crippen molar-refractivity contribution >= 4 is 11.8 Å². The highest BCUT2D eigenvalue weighted by Crippen LogP contribution is 2.29. The number of rotatable bonds is 5. The van der Waals surface area contributed by atoms with Crippen molar-refractivity contribution in [3.63, 3.8) is 0 Å². The molecule has 94 valence electrons. The Labute approximate surface area is 108 Å². The van der Waals surface area contributed by atoms with E-state index >= 15 is 0 Å². The molecule has 0 spiro atoms. The van der Waals surface area contributed by atoms with Crippen LogP contribution in [-0.2, 0) is 6.42 Å². The van der Waals surface area contributed by atoms with Gasteiger partial charge in [-0.2, -0.15) is 11.8 Å². The van der Waals surface area contributed by atoms with Gasteiger partial charge in [0.05, 0.1) is 6.61 Å². The van der Waals surface area contributed by atoms with Gasteiger partial charge in [-0.05, 0) is 55.5 Å². The van der Waals surface area contributed by atoms with Gasteiger partial charge in [0, 0.05) is 6.04 Å². The zero-order chi connectivity index (χ0) is 12.1. The SMILES string of the molecule is CNC(CCSC)c1ccc2c(c1)CCCO2. The van der Waals surface area contributed by atoms with Gasteiger partial charge in [-0.15, -0.1) is 0 Å². The number of hydrogen-bond donors (Lipinski definition) is 1. The molecule has 0 saturated heterocycles. The third-order valence-corrected chi connectivity index (χ3v) is 3.94. The second-order valence-corrected chi connectivity index (χ2v) is 5.43. The minimum absolute atomic E-state index is 0.467. The van der Waals surface area contributed by atoms with Gasteiger partial charge in [-0.25, -0.2) is 0 Å². The van der Waals surface area contributed by atoms with Crippen LogP contribution in [0.25, 0.3) is 0 Å². The van der Waals surface area contributed by atoms with Crippen molar-refractivity contribution in [2.24, 2.45) is 0 Å². The van der Waals surface area contributed by atoms with Crippen LogP contribution >= 0.6 is 11.8 Å². The lowest BCUT2D eigenvalue weighted by Crippen LogP contribution is -2.18. The Kier molecular flexibility index (Phi) is 4.75. The molecule has 17 heavy (non-hydrogen) atoms. The zero-order valence-electron chi connectivity index (χ0n) is 10.7. The Balaban J connectivity index is 2.13. The average molecular weight is 251 g/mol. The fraction of sp³-hybridized carbons (Fsp3) is 0.571. The van der Waals surface area contributed by atoms with Gasteiger partial charge in [-0.3, -0.25) is 0 Å². The molecule has 0 saturated carbocycles. The first-order valence-corrected chi connectivity index (χ1v) is 7.66. The minimum atomic E-state index is 0.467. The molecule has 0 aliphatic carbocycles. The van der Waals surface area contributed by atoms with Crippen LogP contribution in [0.4, 0.5) is 0 Å². The Hall–Kier alpha value is -0.670. The summed E-state index contributed by atoms with van der Waals surface area (Å²) in [6, 6.07) is 7.12. The monoisotopic (exact) mass is 251 g/mol. The molecule has 1 unspecified atom stereocenters. The molecule has 0 radical (unpaired) electrons. The molecule has 1 aromatic rings. The van der Waals surface area contributed by atoms with Crippen molar-refractivity contribution in [3.8, 4) is 5.75 Å². The highest BCUT2D eigenvalue weighted by Gasteiger charge is 2.14. The van der Waals surface area contributed by atoms with Gasteiger partial charge in [0.25, 0.3) is 0 Å². The summed E-state index contributed by atoms with van der Waals surface area (Å²) in [6.45, 7) is 0.869. The van der Waals surface area contributed by atoms with Crippen LogP contribution in [0.3, 0.4) is 0 Å². The summed E-state index contributed by atoms with van der Waals surface area (Å²) in [7, 11) is 2.04. The summed E-state index contributed by atoms with van der Waals surface area (Å²) in [6.07, 6.45) is 5.64. The number of thioether (sulfide) groups is 1. The number of aryl methyl sites for hydroxylation is 1. The van der Waals surface area contributed by atoms with Crippen LogP contribution < -0.4 is 10.1 Å². The van der Waals surface area contributed by atoms with Crippen molar-refractivity contribution in [2.75, 3.05) is 25.7 Å². The Morgan fingerprint density at radius 3 is 3.12 bits per heavy atom. The van der Waals surface area contributed by atoms with E-state index in [2.05, 4.69) is 29.8 Å². The average Bonchev–Trinajstić information content (AvgIpc) is 2.39. The predicted octanol–water partition coefficient (Wildman–Crippen LogP) is 3.03. The van der Waals surface area contributed by atoms with Crippen LogP contribution in [0.5, 0.6) is 5.75 Å². The van der Waals surface area contributed by atoms with E-state index < -0.39 is 0 Å². The van der Waals surface area contributed by atoms with E-state index in [0.29, 0.717) is 6.04 Å².